The van der Waals surface area contributed by atoms with Gasteiger partial charge in [0.15, 0.2) is 5.82 Å². The van der Waals surface area contributed by atoms with Crippen molar-refractivity contribution in [2.24, 2.45) is 0 Å². The lowest BCUT2D eigenvalue weighted by molar-refractivity contribution is 0.0670. The first kappa shape index (κ1) is 15.8. The molecule has 0 radical (unpaired) electrons. The van der Waals surface area contributed by atoms with E-state index in [0.29, 0.717) is 24.7 Å². The van der Waals surface area contributed by atoms with Crippen molar-refractivity contribution >= 4 is 17.2 Å². The standard InChI is InChI=1S/C17H21N3O3S/c1-10-18-16(23-19-10)14-7-11(22-2)8-20(14)17(21)13-9-24-15-6-4-3-5-12(13)15/h9,11,14H,3-8H2,1-2H3/t11-,14+/m0/s1. The molecule has 1 fully saturated rings. The van der Waals surface area contributed by atoms with Gasteiger partial charge in [-0.05, 0) is 38.2 Å². The summed E-state index contributed by atoms with van der Waals surface area (Å²) in [6, 6.07) is -0.206. The average molecular weight is 347 g/mol. The second kappa shape index (κ2) is 6.29. The third kappa shape index (κ3) is 2.65. The van der Waals surface area contributed by atoms with Crippen molar-refractivity contribution in [3.63, 3.8) is 0 Å². The van der Waals surface area contributed by atoms with Crippen molar-refractivity contribution in [2.45, 2.75) is 51.2 Å². The Morgan fingerprint density at radius 3 is 3.00 bits per heavy atom. The molecule has 1 aliphatic carbocycles. The summed E-state index contributed by atoms with van der Waals surface area (Å²) in [6.45, 7) is 2.35. The van der Waals surface area contributed by atoms with E-state index in [4.69, 9.17) is 9.26 Å². The van der Waals surface area contributed by atoms with E-state index in [-0.39, 0.29) is 18.1 Å². The molecule has 0 bridgehead atoms. The molecule has 2 aliphatic rings. The minimum atomic E-state index is -0.206. The summed E-state index contributed by atoms with van der Waals surface area (Å²) >= 11 is 1.72. The number of carbonyl (C=O) groups is 1. The number of hydrogen-bond donors (Lipinski definition) is 0. The summed E-state index contributed by atoms with van der Waals surface area (Å²) in [5.74, 6) is 1.16. The predicted octanol–water partition coefficient (Wildman–Crippen LogP) is 2.92. The highest BCUT2D eigenvalue weighted by Gasteiger charge is 2.40. The van der Waals surface area contributed by atoms with Crippen LogP contribution in [0.3, 0.4) is 0 Å². The van der Waals surface area contributed by atoms with Crippen molar-refractivity contribution in [1.82, 2.24) is 15.0 Å². The Hall–Kier alpha value is -1.73. The largest absolute Gasteiger partial charge is 0.380 e. The van der Waals surface area contributed by atoms with Crippen LogP contribution in [-0.4, -0.2) is 40.7 Å². The van der Waals surface area contributed by atoms with Gasteiger partial charge in [0, 0.05) is 30.3 Å². The number of carbonyl (C=O) groups excluding carboxylic acids is 1. The van der Waals surface area contributed by atoms with Crippen LogP contribution in [0, 0.1) is 6.92 Å². The number of fused-ring (bicyclic) bond motifs is 1. The zero-order valence-electron chi connectivity index (χ0n) is 13.9. The second-order valence-electron chi connectivity index (χ2n) is 6.50. The van der Waals surface area contributed by atoms with Crippen LogP contribution in [0.4, 0.5) is 0 Å². The summed E-state index contributed by atoms with van der Waals surface area (Å²) in [4.78, 5) is 20.8. The monoisotopic (exact) mass is 347 g/mol. The van der Waals surface area contributed by atoms with Crippen LogP contribution >= 0.6 is 11.3 Å². The molecule has 2 aromatic heterocycles. The van der Waals surface area contributed by atoms with Crippen molar-refractivity contribution in [2.75, 3.05) is 13.7 Å². The molecule has 0 saturated carbocycles. The third-order valence-corrected chi connectivity index (χ3v) is 6.07. The van der Waals surface area contributed by atoms with E-state index in [2.05, 4.69) is 10.1 Å². The number of methoxy groups -OCH3 is 1. The molecule has 4 rings (SSSR count). The summed E-state index contributed by atoms with van der Waals surface area (Å²) in [7, 11) is 1.68. The van der Waals surface area contributed by atoms with Crippen molar-refractivity contribution in [3.05, 3.63) is 33.1 Å². The van der Waals surface area contributed by atoms with Gasteiger partial charge in [-0.3, -0.25) is 4.79 Å². The van der Waals surface area contributed by atoms with E-state index in [1.807, 2.05) is 10.3 Å². The van der Waals surface area contributed by atoms with E-state index in [1.54, 1.807) is 25.4 Å². The quantitative estimate of drug-likeness (QED) is 0.854. The molecule has 128 valence electrons. The molecule has 0 spiro atoms. The number of nitrogens with zero attached hydrogens (tertiary/aromatic N) is 3. The molecule has 0 unspecified atom stereocenters. The van der Waals surface area contributed by atoms with Gasteiger partial charge >= 0.3 is 0 Å². The van der Waals surface area contributed by atoms with E-state index in [0.717, 1.165) is 24.8 Å². The number of amides is 1. The number of thiophene rings is 1. The van der Waals surface area contributed by atoms with Crippen LogP contribution in [0.5, 0.6) is 0 Å². The lowest BCUT2D eigenvalue weighted by atomic mass is 9.95. The third-order valence-electron chi connectivity index (χ3n) is 4.98. The Bertz CT molecular complexity index is 754. The van der Waals surface area contributed by atoms with Gasteiger partial charge in [0.25, 0.3) is 5.91 Å². The van der Waals surface area contributed by atoms with Crippen LogP contribution in [0.1, 0.15) is 57.8 Å². The Morgan fingerprint density at radius 1 is 1.42 bits per heavy atom. The molecule has 6 nitrogen and oxygen atoms in total. The molecule has 1 aliphatic heterocycles. The summed E-state index contributed by atoms with van der Waals surface area (Å²) < 4.78 is 10.8. The molecular formula is C17H21N3O3S. The van der Waals surface area contributed by atoms with Gasteiger partial charge in [-0.2, -0.15) is 4.98 Å². The van der Waals surface area contributed by atoms with Crippen LogP contribution < -0.4 is 0 Å². The van der Waals surface area contributed by atoms with E-state index >= 15 is 0 Å². The van der Waals surface area contributed by atoms with Gasteiger partial charge in [0.2, 0.25) is 5.89 Å². The van der Waals surface area contributed by atoms with Crippen LogP contribution in [0.15, 0.2) is 9.90 Å². The highest BCUT2D eigenvalue weighted by molar-refractivity contribution is 7.10. The second-order valence-corrected chi connectivity index (χ2v) is 7.47. The minimum absolute atomic E-state index is 0.000572. The van der Waals surface area contributed by atoms with E-state index in [1.165, 1.54) is 16.9 Å². The van der Waals surface area contributed by atoms with Crippen molar-refractivity contribution < 1.29 is 14.1 Å². The Labute approximate surface area is 144 Å². The number of aromatic nitrogens is 2. The maximum Gasteiger partial charge on any atom is 0.255 e. The van der Waals surface area contributed by atoms with Crippen molar-refractivity contribution in [3.8, 4) is 0 Å². The fraction of sp³-hybridized carbons (Fsp3) is 0.588. The SMILES string of the molecule is CO[C@H]1C[C@H](c2nc(C)no2)N(C(=O)c2csc3c2CCCC3)C1. The summed E-state index contributed by atoms with van der Waals surface area (Å²) in [5.41, 5.74) is 2.10. The normalized spacial score (nSPS) is 23.5. The number of aryl methyl sites for hydroxylation is 2. The first-order chi connectivity index (χ1) is 11.7. The maximum absolute atomic E-state index is 13.2. The molecule has 3 heterocycles. The van der Waals surface area contributed by atoms with Crippen LogP contribution in [0.25, 0.3) is 0 Å². The first-order valence-electron chi connectivity index (χ1n) is 8.40. The summed E-state index contributed by atoms with van der Waals surface area (Å²) in [6.07, 6.45) is 5.18. The molecule has 2 atom stereocenters. The lowest BCUT2D eigenvalue weighted by Gasteiger charge is -2.22. The highest BCUT2D eigenvalue weighted by Crippen LogP contribution is 2.37. The van der Waals surface area contributed by atoms with E-state index < -0.39 is 0 Å². The fourth-order valence-electron chi connectivity index (χ4n) is 3.70. The molecule has 0 N–H and O–H groups in total. The molecule has 24 heavy (non-hydrogen) atoms. The number of ether oxygens (including phenoxy) is 1. The topological polar surface area (TPSA) is 68.5 Å². The van der Waals surface area contributed by atoms with E-state index in [9.17, 15) is 4.79 Å². The Kier molecular flexibility index (Phi) is 4.14. The highest BCUT2D eigenvalue weighted by atomic mass is 32.1. The summed E-state index contributed by atoms with van der Waals surface area (Å²) in [5, 5.41) is 5.90. The van der Waals surface area contributed by atoms with Gasteiger partial charge in [-0.1, -0.05) is 5.16 Å². The maximum atomic E-state index is 13.2. The average Bonchev–Trinajstić information content (AvgIpc) is 3.31. The smallest absolute Gasteiger partial charge is 0.255 e. The van der Waals surface area contributed by atoms with Gasteiger partial charge in [0.1, 0.15) is 6.04 Å². The minimum Gasteiger partial charge on any atom is -0.380 e. The Balaban J connectivity index is 1.65. The number of rotatable bonds is 3. The van der Waals surface area contributed by atoms with Crippen molar-refractivity contribution in [1.29, 1.82) is 0 Å². The molecule has 2 aromatic rings. The van der Waals surface area contributed by atoms with Gasteiger partial charge in [-0.25, -0.2) is 0 Å². The van der Waals surface area contributed by atoms with Gasteiger partial charge < -0.3 is 14.2 Å². The van der Waals surface area contributed by atoms with Crippen LogP contribution in [-0.2, 0) is 17.6 Å². The lowest BCUT2D eigenvalue weighted by Crippen LogP contribution is -2.32. The molecule has 1 saturated heterocycles. The molecular weight excluding hydrogens is 326 g/mol. The number of likely N-dealkylation sites (tertiary alicyclic amines) is 1. The number of hydrogen-bond acceptors (Lipinski definition) is 6. The van der Waals surface area contributed by atoms with Gasteiger partial charge in [0.05, 0.1) is 11.7 Å². The zero-order chi connectivity index (χ0) is 16.7. The first-order valence-corrected chi connectivity index (χ1v) is 9.28. The fourth-order valence-corrected chi connectivity index (χ4v) is 4.82. The molecule has 1 amide bonds. The predicted molar refractivity (Wildman–Crippen MR) is 89.2 cm³/mol. The zero-order valence-corrected chi connectivity index (χ0v) is 14.8. The molecule has 7 heteroatoms. The van der Waals surface area contributed by atoms with Gasteiger partial charge in [-0.15, -0.1) is 11.3 Å². The van der Waals surface area contributed by atoms with Crippen LogP contribution in [0.2, 0.25) is 0 Å². The Morgan fingerprint density at radius 2 is 2.25 bits per heavy atom. The molecule has 0 aromatic carbocycles.